The standard InChI is InChI=1S/C18H27N3O5S.ClH/c19-15(17(24)20-10-5-11-27-13-16(22)23)8-4-9-21-18(25)26-12-14-6-2-1-3-7-14;/h1-3,6-7,15H,4-5,8-13,19H2,(H,20,24)(H,21,25)(H,22,23);1H/t15-;/m0./s1. The fourth-order valence-electron chi connectivity index (χ4n) is 2.09. The van der Waals surface area contributed by atoms with Gasteiger partial charge in [0.15, 0.2) is 0 Å². The zero-order valence-electron chi connectivity index (χ0n) is 15.6. The van der Waals surface area contributed by atoms with Gasteiger partial charge in [0.1, 0.15) is 6.61 Å². The molecule has 0 unspecified atom stereocenters. The molecule has 0 radical (unpaired) electrons. The highest BCUT2D eigenvalue weighted by atomic mass is 35.5. The Labute approximate surface area is 175 Å². The molecule has 1 rings (SSSR count). The van der Waals surface area contributed by atoms with Crippen LogP contribution < -0.4 is 16.4 Å². The van der Waals surface area contributed by atoms with Gasteiger partial charge in [-0.2, -0.15) is 11.8 Å². The fraction of sp³-hybridized carbons (Fsp3) is 0.500. The van der Waals surface area contributed by atoms with Gasteiger partial charge >= 0.3 is 12.1 Å². The highest BCUT2D eigenvalue weighted by molar-refractivity contribution is 7.99. The lowest BCUT2D eigenvalue weighted by molar-refractivity contribution is -0.134. The van der Waals surface area contributed by atoms with E-state index < -0.39 is 18.1 Å². The van der Waals surface area contributed by atoms with E-state index in [0.29, 0.717) is 38.1 Å². The SMILES string of the molecule is Cl.N[C@@H](CCCNC(=O)OCc1ccccc1)C(=O)NCCCSCC(=O)O. The Morgan fingerprint density at radius 1 is 1.11 bits per heavy atom. The molecule has 2 amide bonds. The molecule has 28 heavy (non-hydrogen) atoms. The first kappa shape index (κ1) is 26.0. The Morgan fingerprint density at radius 3 is 2.46 bits per heavy atom. The highest BCUT2D eigenvalue weighted by Crippen LogP contribution is 2.02. The van der Waals surface area contributed by atoms with Crippen LogP contribution in [0.3, 0.4) is 0 Å². The van der Waals surface area contributed by atoms with Crippen LogP contribution >= 0.6 is 24.2 Å². The van der Waals surface area contributed by atoms with Crippen LogP contribution in [-0.4, -0.2) is 53.7 Å². The van der Waals surface area contributed by atoms with Gasteiger partial charge in [-0.1, -0.05) is 30.3 Å². The average molecular weight is 434 g/mol. The maximum Gasteiger partial charge on any atom is 0.407 e. The average Bonchev–Trinajstić information content (AvgIpc) is 2.66. The molecule has 0 saturated carbocycles. The number of ether oxygens (including phenoxy) is 1. The third-order valence-electron chi connectivity index (χ3n) is 3.50. The lowest BCUT2D eigenvalue weighted by Gasteiger charge is -2.12. The summed E-state index contributed by atoms with van der Waals surface area (Å²) in [4.78, 5) is 33.8. The van der Waals surface area contributed by atoms with Crippen molar-refractivity contribution in [2.75, 3.05) is 24.6 Å². The molecule has 1 atom stereocenters. The molecule has 8 nitrogen and oxygen atoms in total. The van der Waals surface area contributed by atoms with Gasteiger partial charge in [0.2, 0.25) is 5.91 Å². The van der Waals surface area contributed by atoms with Gasteiger partial charge < -0.3 is 26.2 Å². The monoisotopic (exact) mass is 433 g/mol. The number of carboxylic acid groups (broad SMARTS) is 1. The number of rotatable bonds is 13. The van der Waals surface area contributed by atoms with E-state index in [2.05, 4.69) is 10.6 Å². The van der Waals surface area contributed by atoms with E-state index in [1.807, 2.05) is 30.3 Å². The third-order valence-corrected chi connectivity index (χ3v) is 4.53. The number of thioether (sulfide) groups is 1. The Hall–Kier alpha value is -1.97. The summed E-state index contributed by atoms with van der Waals surface area (Å²) in [5, 5.41) is 13.9. The Kier molecular flexibility index (Phi) is 14.9. The van der Waals surface area contributed by atoms with Crippen LogP contribution in [0.25, 0.3) is 0 Å². The van der Waals surface area contributed by atoms with Gasteiger partial charge in [0, 0.05) is 13.1 Å². The number of benzene rings is 1. The Bertz CT molecular complexity index is 592. The van der Waals surface area contributed by atoms with Crippen LogP contribution in [0, 0.1) is 0 Å². The van der Waals surface area contributed by atoms with Crippen LogP contribution in [0.1, 0.15) is 24.8 Å². The van der Waals surface area contributed by atoms with Crippen molar-refractivity contribution in [3.05, 3.63) is 35.9 Å². The second-order valence-electron chi connectivity index (χ2n) is 5.83. The van der Waals surface area contributed by atoms with Gasteiger partial charge in [-0.05, 0) is 30.6 Å². The number of nitrogens with one attached hydrogen (secondary N) is 2. The van der Waals surface area contributed by atoms with Crippen LogP contribution in [0.5, 0.6) is 0 Å². The Balaban J connectivity index is 0.00000729. The molecule has 0 aliphatic carbocycles. The van der Waals surface area contributed by atoms with E-state index in [9.17, 15) is 14.4 Å². The van der Waals surface area contributed by atoms with Gasteiger partial charge in [-0.25, -0.2) is 4.79 Å². The van der Waals surface area contributed by atoms with Crippen molar-refractivity contribution < 1.29 is 24.2 Å². The molecule has 10 heteroatoms. The lowest BCUT2D eigenvalue weighted by atomic mass is 10.1. The molecule has 0 spiro atoms. The van der Waals surface area contributed by atoms with E-state index in [1.165, 1.54) is 11.8 Å². The zero-order valence-corrected chi connectivity index (χ0v) is 17.2. The molecule has 0 saturated heterocycles. The molecule has 0 aliphatic heterocycles. The minimum absolute atomic E-state index is 0. The summed E-state index contributed by atoms with van der Waals surface area (Å²) in [6.45, 7) is 1.04. The molecule has 0 heterocycles. The summed E-state index contributed by atoms with van der Waals surface area (Å²) >= 11 is 1.31. The summed E-state index contributed by atoms with van der Waals surface area (Å²) in [6, 6.07) is 8.74. The summed E-state index contributed by atoms with van der Waals surface area (Å²) in [7, 11) is 0. The first-order chi connectivity index (χ1) is 13.0. The molecular formula is C18H28ClN3O5S. The molecular weight excluding hydrogens is 406 g/mol. The van der Waals surface area contributed by atoms with Gasteiger partial charge in [-0.3, -0.25) is 9.59 Å². The van der Waals surface area contributed by atoms with E-state index in [4.69, 9.17) is 15.6 Å². The van der Waals surface area contributed by atoms with Crippen molar-refractivity contribution in [1.82, 2.24) is 10.6 Å². The fourth-order valence-corrected chi connectivity index (χ4v) is 2.76. The number of carboxylic acids is 1. The number of alkyl carbamates (subject to hydrolysis) is 1. The zero-order chi connectivity index (χ0) is 19.9. The van der Waals surface area contributed by atoms with E-state index >= 15 is 0 Å². The van der Waals surface area contributed by atoms with Gasteiger partial charge in [-0.15, -0.1) is 12.4 Å². The van der Waals surface area contributed by atoms with Gasteiger partial charge in [0.05, 0.1) is 11.8 Å². The minimum atomic E-state index is -0.844. The van der Waals surface area contributed by atoms with Crippen molar-refractivity contribution >= 4 is 42.1 Å². The van der Waals surface area contributed by atoms with Crippen molar-refractivity contribution in [2.45, 2.75) is 31.9 Å². The molecule has 0 fully saturated rings. The second-order valence-corrected chi connectivity index (χ2v) is 6.93. The third kappa shape index (κ3) is 13.2. The number of carbonyl (C=O) groups excluding carboxylic acids is 2. The first-order valence-electron chi connectivity index (χ1n) is 8.76. The highest BCUT2D eigenvalue weighted by Gasteiger charge is 2.12. The van der Waals surface area contributed by atoms with Crippen molar-refractivity contribution in [3.63, 3.8) is 0 Å². The molecule has 0 aliphatic rings. The van der Waals surface area contributed by atoms with Crippen molar-refractivity contribution in [3.8, 4) is 0 Å². The maximum atomic E-state index is 11.8. The summed E-state index contributed by atoms with van der Waals surface area (Å²) in [5.41, 5.74) is 6.72. The summed E-state index contributed by atoms with van der Waals surface area (Å²) in [5.74, 6) is -0.362. The number of hydrogen-bond acceptors (Lipinski definition) is 6. The van der Waals surface area contributed by atoms with Crippen LogP contribution in [0.2, 0.25) is 0 Å². The smallest absolute Gasteiger partial charge is 0.407 e. The topological polar surface area (TPSA) is 131 Å². The number of carbonyl (C=O) groups is 3. The van der Waals surface area contributed by atoms with E-state index in [0.717, 1.165) is 5.56 Å². The van der Waals surface area contributed by atoms with Crippen LogP contribution in [-0.2, 0) is 20.9 Å². The lowest BCUT2D eigenvalue weighted by Crippen LogP contribution is -2.41. The minimum Gasteiger partial charge on any atom is -0.481 e. The number of hydrogen-bond donors (Lipinski definition) is 4. The van der Waals surface area contributed by atoms with Crippen molar-refractivity contribution in [1.29, 1.82) is 0 Å². The molecule has 1 aromatic carbocycles. The molecule has 1 aromatic rings. The number of nitrogens with two attached hydrogens (primary N) is 1. The predicted octanol–water partition coefficient (Wildman–Crippen LogP) is 1.77. The molecule has 5 N–H and O–H groups in total. The molecule has 0 bridgehead atoms. The second kappa shape index (κ2) is 16.0. The summed E-state index contributed by atoms with van der Waals surface area (Å²) in [6.07, 6.45) is 1.18. The quantitative estimate of drug-likeness (QED) is 0.348. The van der Waals surface area contributed by atoms with Crippen LogP contribution in [0.4, 0.5) is 4.79 Å². The Morgan fingerprint density at radius 2 is 1.79 bits per heavy atom. The molecule has 158 valence electrons. The van der Waals surface area contributed by atoms with E-state index in [-0.39, 0.29) is 30.7 Å². The van der Waals surface area contributed by atoms with Crippen LogP contribution in [0.15, 0.2) is 30.3 Å². The predicted molar refractivity (Wildman–Crippen MR) is 112 cm³/mol. The first-order valence-corrected chi connectivity index (χ1v) is 9.92. The van der Waals surface area contributed by atoms with Crippen molar-refractivity contribution in [2.24, 2.45) is 5.73 Å². The summed E-state index contributed by atoms with van der Waals surface area (Å²) < 4.78 is 5.08. The number of halogens is 1. The van der Waals surface area contributed by atoms with E-state index in [1.54, 1.807) is 0 Å². The number of amides is 2. The normalized spacial score (nSPS) is 11.0. The maximum absolute atomic E-state index is 11.8. The largest absolute Gasteiger partial charge is 0.481 e. The number of aliphatic carboxylic acids is 1. The van der Waals surface area contributed by atoms with Gasteiger partial charge in [0.25, 0.3) is 0 Å². The molecule has 0 aromatic heterocycles.